The quantitative estimate of drug-likeness (QED) is 0.717. The molecule has 0 bridgehead atoms. The summed E-state index contributed by atoms with van der Waals surface area (Å²) in [6.45, 7) is 4.58. The number of amides is 1. The van der Waals surface area contributed by atoms with Crippen molar-refractivity contribution in [1.82, 2.24) is 9.78 Å². The lowest BCUT2D eigenvalue weighted by Crippen LogP contribution is -2.33. The number of ether oxygens (including phenoxy) is 1. The molecule has 0 fully saturated rings. The number of aromatic nitrogens is 2. The molecular formula is C9H14N4O4S. The molecule has 1 aliphatic rings. The van der Waals surface area contributed by atoms with Gasteiger partial charge in [-0.25, -0.2) is 18.2 Å². The van der Waals surface area contributed by atoms with Crippen molar-refractivity contribution >= 4 is 15.9 Å². The molecule has 1 aromatic heterocycles. The van der Waals surface area contributed by atoms with Gasteiger partial charge in [-0.2, -0.15) is 5.10 Å². The summed E-state index contributed by atoms with van der Waals surface area (Å²) in [4.78, 5) is 10.8. The fourth-order valence-electron chi connectivity index (χ4n) is 1.81. The summed E-state index contributed by atoms with van der Waals surface area (Å²) in [7, 11) is -4.12. The third-order valence-corrected chi connectivity index (χ3v) is 3.50. The van der Waals surface area contributed by atoms with Gasteiger partial charge in [0.25, 0.3) is 5.91 Å². The number of nitrogens with two attached hydrogens (primary N) is 2. The van der Waals surface area contributed by atoms with E-state index >= 15 is 0 Å². The highest BCUT2D eigenvalue weighted by atomic mass is 32.2. The topological polar surface area (TPSA) is 130 Å². The Bertz CT molecular complexity index is 617. The van der Waals surface area contributed by atoms with E-state index in [4.69, 9.17) is 15.6 Å². The van der Waals surface area contributed by atoms with Gasteiger partial charge in [0.2, 0.25) is 15.9 Å². The molecule has 0 spiro atoms. The fraction of sp³-hybridized carbons (Fsp3) is 0.556. The van der Waals surface area contributed by atoms with Gasteiger partial charge in [0.1, 0.15) is 0 Å². The summed E-state index contributed by atoms with van der Waals surface area (Å²) in [6, 6.07) is 0. The smallest absolute Gasteiger partial charge is 0.270 e. The van der Waals surface area contributed by atoms with Crippen LogP contribution in [0.5, 0.6) is 5.88 Å². The van der Waals surface area contributed by atoms with Crippen LogP contribution in [0, 0.1) is 5.41 Å². The molecule has 0 atom stereocenters. The van der Waals surface area contributed by atoms with Crippen LogP contribution in [0.25, 0.3) is 0 Å². The van der Waals surface area contributed by atoms with Crippen LogP contribution < -0.4 is 15.6 Å². The van der Waals surface area contributed by atoms with E-state index in [9.17, 15) is 13.2 Å². The standard InChI is InChI=1S/C9H14N4O4S/c1-9(2)3-13-8(17-4-9)6(18(11,15)16)5(12-13)7(10)14/h3-4H2,1-2H3,(H2,10,14)(H2,11,15,16). The lowest BCUT2D eigenvalue weighted by atomic mass is 9.94. The van der Waals surface area contributed by atoms with Crippen LogP contribution in [0.4, 0.5) is 0 Å². The van der Waals surface area contributed by atoms with Gasteiger partial charge in [-0.05, 0) is 0 Å². The second kappa shape index (κ2) is 3.69. The van der Waals surface area contributed by atoms with Gasteiger partial charge in [0, 0.05) is 5.41 Å². The molecule has 0 saturated carbocycles. The number of fused-ring (bicyclic) bond motifs is 1. The Morgan fingerprint density at radius 3 is 2.61 bits per heavy atom. The second-order valence-electron chi connectivity index (χ2n) is 5.00. The van der Waals surface area contributed by atoms with E-state index in [-0.39, 0.29) is 17.0 Å². The molecule has 1 aliphatic heterocycles. The molecule has 18 heavy (non-hydrogen) atoms. The van der Waals surface area contributed by atoms with E-state index < -0.39 is 20.8 Å². The van der Waals surface area contributed by atoms with Gasteiger partial charge < -0.3 is 10.5 Å². The first kappa shape index (κ1) is 12.8. The van der Waals surface area contributed by atoms with E-state index in [1.165, 1.54) is 4.68 Å². The molecule has 0 aromatic carbocycles. The van der Waals surface area contributed by atoms with Crippen molar-refractivity contribution in [3.8, 4) is 5.88 Å². The number of hydrogen-bond donors (Lipinski definition) is 2. The average Bonchev–Trinajstić information content (AvgIpc) is 2.53. The number of rotatable bonds is 2. The van der Waals surface area contributed by atoms with Gasteiger partial charge in [-0.1, -0.05) is 13.8 Å². The zero-order valence-electron chi connectivity index (χ0n) is 10.0. The van der Waals surface area contributed by atoms with Crippen LogP contribution in [-0.2, 0) is 16.6 Å². The first-order valence-electron chi connectivity index (χ1n) is 5.18. The van der Waals surface area contributed by atoms with Crippen LogP contribution in [0.15, 0.2) is 4.90 Å². The summed E-state index contributed by atoms with van der Waals surface area (Å²) < 4.78 is 29.6. The molecule has 8 nitrogen and oxygen atoms in total. The number of hydrogen-bond acceptors (Lipinski definition) is 5. The molecule has 0 saturated heterocycles. The molecule has 2 heterocycles. The van der Waals surface area contributed by atoms with Gasteiger partial charge in [0.05, 0.1) is 13.2 Å². The molecule has 1 amide bonds. The van der Waals surface area contributed by atoms with E-state index in [0.717, 1.165) is 0 Å². The van der Waals surface area contributed by atoms with E-state index in [1.807, 2.05) is 13.8 Å². The summed E-state index contributed by atoms with van der Waals surface area (Å²) in [6.07, 6.45) is 0. The van der Waals surface area contributed by atoms with Gasteiger partial charge >= 0.3 is 0 Å². The summed E-state index contributed by atoms with van der Waals surface area (Å²) in [5.74, 6) is -0.979. The summed E-state index contributed by atoms with van der Waals surface area (Å²) in [5.41, 5.74) is 4.50. The minimum absolute atomic E-state index is 0.0226. The van der Waals surface area contributed by atoms with Crippen LogP contribution in [0.3, 0.4) is 0 Å². The first-order chi connectivity index (χ1) is 8.12. The van der Waals surface area contributed by atoms with Crippen molar-refractivity contribution < 1.29 is 17.9 Å². The third-order valence-electron chi connectivity index (χ3n) is 2.56. The molecule has 1 aromatic rings. The lowest BCUT2D eigenvalue weighted by Gasteiger charge is -2.30. The minimum atomic E-state index is -4.12. The number of carbonyl (C=O) groups is 1. The van der Waals surface area contributed by atoms with Crippen LogP contribution in [0.2, 0.25) is 0 Å². The minimum Gasteiger partial charge on any atom is -0.476 e. The SMILES string of the molecule is CC1(C)COc2c(S(N)(=O)=O)c(C(N)=O)nn2C1. The van der Waals surface area contributed by atoms with Crippen molar-refractivity contribution in [2.45, 2.75) is 25.3 Å². The normalized spacial score (nSPS) is 17.9. The number of carbonyl (C=O) groups excluding carboxylic acids is 1. The Labute approximate surface area is 104 Å². The Morgan fingerprint density at radius 1 is 1.50 bits per heavy atom. The van der Waals surface area contributed by atoms with Gasteiger partial charge in [0.15, 0.2) is 10.6 Å². The predicted octanol–water partition coefficient (Wildman–Crippen LogP) is -0.952. The molecule has 4 N–H and O–H groups in total. The zero-order chi connectivity index (χ0) is 13.7. The Morgan fingerprint density at radius 2 is 2.11 bits per heavy atom. The second-order valence-corrected chi connectivity index (χ2v) is 6.50. The Kier molecular flexibility index (Phi) is 2.63. The number of primary sulfonamides is 1. The van der Waals surface area contributed by atoms with E-state index in [0.29, 0.717) is 13.2 Å². The maximum Gasteiger partial charge on any atom is 0.270 e. The molecule has 100 valence electrons. The molecule has 0 radical (unpaired) electrons. The fourth-order valence-corrected chi connectivity index (χ4v) is 2.63. The predicted molar refractivity (Wildman–Crippen MR) is 61.4 cm³/mol. The number of sulfonamides is 1. The van der Waals surface area contributed by atoms with Crippen molar-refractivity contribution in [2.24, 2.45) is 16.3 Å². The van der Waals surface area contributed by atoms with Crippen molar-refractivity contribution in [3.63, 3.8) is 0 Å². The van der Waals surface area contributed by atoms with Crippen molar-refractivity contribution in [1.29, 1.82) is 0 Å². The molecule has 0 aliphatic carbocycles. The Balaban J connectivity index is 2.67. The van der Waals surface area contributed by atoms with Gasteiger partial charge in [-0.15, -0.1) is 0 Å². The largest absolute Gasteiger partial charge is 0.476 e. The summed E-state index contributed by atoms with van der Waals surface area (Å²) >= 11 is 0. The van der Waals surface area contributed by atoms with Crippen LogP contribution in [-0.4, -0.2) is 30.7 Å². The Hall–Kier alpha value is -1.61. The molecule has 0 unspecified atom stereocenters. The number of nitrogens with zero attached hydrogens (tertiary/aromatic N) is 2. The third kappa shape index (κ3) is 2.06. The first-order valence-corrected chi connectivity index (χ1v) is 6.73. The maximum absolute atomic E-state index is 11.5. The average molecular weight is 274 g/mol. The monoisotopic (exact) mass is 274 g/mol. The van der Waals surface area contributed by atoms with Crippen molar-refractivity contribution in [3.05, 3.63) is 5.69 Å². The zero-order valence-corrected chi connectivity index (χ0v) is 10.8. The summed E-state index contributed by atoms with van der Waals surface area (Å²) in [5, 5.41) is 8.93. The molecule has 2 rings (SSSR count). The number of primary amides is 1. The van der Waals surface area contributed by atoms with E-state index in [2.05, 4.69) is 5.10 Å². The maximum atomic E-state index is 11.5. The van der Waals surface area contributed by atoms with Crippen LogP contribution in [0.1, 0.15) is 24.3 Å². The van der Waals surface area contributed by atoms with Gasteiger partial charge in [-0.3, -0.25) is 4.79 Å². The lowest BCUT2D eigenvalue weighted by molar-refractivity contribution is 0.0963. The highest BCUT2D eigenvalue weighted by Crippen LogP contribution is 2.34. The molecular weight excluding hydrogens is 260 g/mol. The highest BCUT2D eigenvalue weighted by Gasteiger charge is 2.36. The van der Waals surface area contributed by atoms with Crippen LogP contribution >= 0.6 is 0 Å². The van der Waals surface area contributed by atoms with Crippen molar-refractivity contribution in [2.75, 3.05) is 6.61 Å². The molecule has 9 heteroatoms. The highest BCUT2D eigenvalue weighted by molar-refractivity contribution is 7.89. The van der Waals surface area contributed by atoms with E-state index in [1.54, 1.807) is 0 Å².